The molecule has 6 N–H and O–H groups in total. The van der Waals surface area contributed by atoms with Crippen LogP contribution in [0.2, 0.25) is 0 Å². The van der Waals surface area contributed by atoms with Gasteiger partial charge in [-0.15, -0.1) is 0 Å². The lowest BCUT2D eigenvalue weighted by atomic mass is 9.30. The molecule has 2 fully saturated rings. The number of aliphatic hydroxyl groups excluding tert-OH is 3. The summed E-state index contributed by atoms with van der Waals surface area (Å²) in [6.07, 6.45) is -13.9. The first kappa shape index (κ1) is 24.9. The molecule has 4 rings (SSSR count). The second kappa shape index (κ2) is 7.39. The lowest BCUT2D eigenvalue weighted by Crippen LogP contribution is -2.99. The lowest BCUT2D eigenvalue weighted by Gasteiger charge is -2.80. The van der Waals surface area contributed by atoms with Crippen LogP contribution in [0.3, 0.4) is 0 Å². The Kier molecular flexibility index (Phi) is 5.41. The molecule has 2 aromatic rings. The summed E-state index contributed by atoms with van der Waals surface area (Å²) in [5.41, 5.74) is -11.7. The fraction of sp³-hybridized carbons (Fsp3) is 0.455. The van der Waals surface area contributed by atoms with Gasteiger partial charge in [0.15, 0.2) is 0 Å². The maximum atomic E-state index is 13.2. The Labute approximate surface area is 188 Å². The monoisotopic (exact) mass is 494 g/mol. The van der Waals surface area contributed by atoms with Crippen molar-refractivity contribution in [1.82, 2.24) is 0 Å². The Hall–Kier alpha value is -2.22. The molecule has 186 valence electrons. The van der Waals surface area contributed by atoms with E-state index in [2.05, 4.69) is 0 Å². The zero-order valence-corrected chi connectivity index (χ0v) is 17.1. The van der Waals surface area contributed by atoms with Crippen LogP contribution in [0.1, 0.15) is 34.1 Å². The summed E-state index contributed by atoms with van der Waals surface area (Å²) in [4.78, 5) is 0. The molecule has 12 heteroatoms. The molecule has 2 saturated carbocycles. The van der Waals surface area contributed by atoms with Crippen LogP contribution in [-0.4, -0.2) is 66.3 Å². The summed E-state index contributed by atoms with van der Waals surface area (Å²) in [6.45, 7) is -1.21. The number of halogens is 6. The van der Waals surface area contributed by atoms with Gasteiger partial charge >= 0.3 is 12.4 Å². The van der Waals surface area contributed by atoms with Crippen molar-refractivity contribution < 1.29 is 57.0 Å². The maximum absolute atomic E-state index is 13.2. The average molecular weight is 494 g/mol. The van der Waals surface area contributed by atoms with Crippen molar-refractivity contribution in [3.63, 3.8) is 0 Å². The van der Waals surface area contributed by atoms with Gasteiger partial charge in [0.05, 0.1) is 29.8 Å². The molecular formula is C22H20F6O6. The van der Waals surface area contributed by atoms with Gasteiger partial charge in [-0.2, -0.15) is 26.3 Å². The highest BCUT2D eigenvalue weighted by Crippen LogP contribution is 2.75. The SMILES string of the molecule is OC[C@@H](O)[C@]1(O)C(c2cccc(C(F)(F)F)c2)[C@]2(O)C(O)C(c3cccc(C(F)(F)F)c3)[C@@]21O. The highest BCUT2D eigenvalue weighted by Gasteiger charge is 2.93. The number of alkyl halides is 6. The summed E-state index contributed by atoms with van der Waals surface area (Å²) < 4.78 is 79.2. The molecule has 2 aliphatic rings. The number of hydrogen-bond acceptors (Lipinski definition) is 6. The van der Waals surface area contributed by atoms with E-state index in [9.17, 15) is 57.0 Å². The largest absolute Gasteiger partial charge is 0.416 e. The summed E-state index contributed by atoms with van der Waals surface area (Å²) >= 11 is 0. The molecule has 2 aliphatic carbocycles. The molecular weight excluding hydrogens is 474 g/mol. The lowest BCUT2D eigenvalue weighted by molar-refractivity contribution is -0.459. The van der Waals surface area contributed by atoms with E-state index in [0.29, 0.717) is 24.3 Å². The van der Waals surface area contributed by atoms with Crippen LogP contribution >= 0.6 is 0 Å². The minimum atomic E-state index is -4.83. The van der Waals surface area contributed by atoms with E-state index in [1.54, 1.807) is 0 Å². The third-order valence-electron chi connectivity index (χ3n) is 7.12. The Morgan fingerprint density at radius 2 is 1.29 bits per heavy atom. The summed E-state index contributed by atoms with van der Waals surface area (Å²) in [5, 5.41) is 64.5. The quantitative estimate of drug-likeness (QED) is 0.359. The first-order chi connectivity index (χ1) is 15.6. The Bertz CT molecular complexity index is 1100. The van der Waals surface area contributed by atoms with Gasteiger partial charge in [0, 0.05) is 5.92 Å². The predicted octanol–water partition coefficient (Wildman–Crippen LogP) is 1.53. The number of fused-ring (bicyclic) bond motifs is 1. The van der Waals surface area contributed by atoms with Gasteiger partial charge in [-0.05, 0) is 23.3 Å². The standard InChI is InChI=1S/C22H20F6O6/c23-21(24,25)12-5-1-3-10(7-12)15-17(31)19(33)16(18(32,14(30)9-29)20(15,19)34)11-4-2-6-13(8-11)22(26,27)28/h1-8,14-17,29-34H,9H2/t14-,15?,16?,17?,18+,19+,20+/m1/s1. The molecule has 0 saturated heterocycles. The molecule has 0 aliphatic heterocycles. The van der Waals surface area contributed by atoms with Gasteiger partial charge in [-0.3, -0.25) is 0 Å². The zero-order chi connectivity index (χ0) is 25.5. The van der Waals surface area contributed by atoms with E-state index >= 15 is 0 Å². The molecule has 6 nitrogen and oxygen atoms in total. The highest BCUT2D eigenvalue weighted by atomic mass is 19.4. The van der Waals surface area contributed by atoms with Gasteiger partial charge in [0.2, 0.25) is 0 Å². The first-order valence-corrected chi connectivity index (χ1v) is 10.0. The van der Waals surface area contributed by atoms with Gasteiger partial charge in [-0.25, -0.2) is 0 Å². The fourth-order valence-corrected chi connectivity index (χ4v) is 5.62. The number of rotatable bonds is 4. The predicted molar refractivity (Wildman–Crippen MR) is 102 cm³/mol. The minimum Gasteiger partial charge on any atom is -0.394 e. The van der Waals surface area contributed by atoms with E-state index in [1.807, 2.05) is 0 Å². The third kappa shape index (κ3) is 2.93. The molecule has 7 atom stereocenters. The van der Waals surface area contributed by atoms with Crippen LogP contribution in [0.25, 0.3) is 0 Å². The van der Waals surface area contributed by atoms with Gasteiger partial charge in [0.1, 0.15) is 22.9 Å². The van der Waals surface area contributed by atoms with Crippen molar-refractivity contribution in [2.75, 3.05) is 6.61 Å². The second-order valence-electron chi connectivity index (χ2n) is 8.72. The van der Waals surface area contributed by atoms with E-state index in [1.165, 1.54) is 0 Å². The molecule has 2 aromatic carbocycles. The normalized spacial score (nSPS) is 36.3. The van der Waals surface area contributed by atoms with Gasteiger partial charge in [0.25, 0.3) is 0 Å². The van der Waals surface area contributed by atoms with E-state index in [4.69, 9.17) is 0 Å². The topological polar surface area (TPSA) is 121 Å². The number of hydrogen-bond donors (Lipinski definition) is 6. The Balaban J connectivity index is 1.85. The van der Waals surface area contributed by atoms with E-state index in [-0.39, 0.29) is 5.56 Å². The number of benzene rings is 2. The molecule has 0 radical (unpaired) electrons. The van der Waals surface area contributed by atoms with Crippen molar-refractivity contribution in [2.24, 2.45) is 0 Å². The van der Waals surface area contributed by atoms with Crippen LogP contribution in [0.15, 0.2) is 48.5 Å². The first-order valence-electron chi connectivity index (χ1n) is 10.0. The van der Waals surface area contributed by atoms with Gasteiger partial charge in [-0.1, -0.05) is 36.4 Å². The van der Waals surface area contributed by atoms with Crippen molar-refractivity contribution >= 4 is 0 Å². The zero-order valence-electron chi connectivity index (χ0n) is 17.1. The van der Waals surface area contributed by atoms with Crippen molar-refractivity contribution in [3.8, 4) is 0 Å². The fourth-order valence-electron chi connectivity index (χ4n) is 5.62. The van der Waals surface area contributed by atoms with Crippen LogP contribution in [0.4, 0.5) is 26.3 Å². The summed E-state index contributed by atoms with van der Waals surface area (Å²) in [6, 6.07) is 6.58. The minimum absolute atomic E-state index is 0.347. The van der Waals surface area contributed by atoms with Crippen molar-refractivity contribution in [2.45, 2.75) is 53.2 Å². The molecule has 3 unspecified atom stereocenters. The molecule has 0 bridgehead atoms. The Morgan fingerprint density at radius 1 is 0.824 bits per heavy atom. The van der Waals surface area contributed by atoms with E-state index < -0.39 is 76.5 Å². The molecule has 0 spiro atoms. The molecule has 0 aromatic heterocycles. The molecule has 0 amide bonds. The van der Waals surface area contributed by atoms with Crippen LogP contribution in [-0.2, 0) is 12.4 Å². The third-order valence-corrected chi connectivity index (χ3v) is 7.12. The summed E-state index contributed by atoms with van der Waals surface area (Å²) in [7, 11) is 0. The maximum Gasteiger partial charge on any atom is 0.416 e. The van der Waals surface area contributed by atoms with Crippen LogP contribution < -0.4 is 0 Å². The van der Waals surface area contributed by atoms with Gasteiger partial charge < -0.3 is 30.6 Å². The van der Waals surface area contributed by atoms with Crippen molar-refractivity contribution in [1.29, 1.82) is 0 Å². The van der Waals surface area contributed by atoms with Crippen molar-refractivity contribution in [3.05, 3.63) is 70.8 Å². The average Bonchev–Trinajstić information content (AvgIpc) is 2.77. The number of aliphatic hydroxyl groups is 6. The molecule has 0 heterocycles. The second-order valence-corrected chi connectivity index (χ2v) is 8.72. The summed E-state index contributed by atoms with van der Waals surface area (Å²) in [5.74, 6) is -3.69. The highest BCUT2D eigenvalue weighted by molar-refractivity contribution is 5.56. The van der Waals surface area contributed by atoms with E-state index in [0.717, 1.165) is 24.3 Å². The Morgan fingerprint density at radius 3 is 1.76 bits per heavy atom. The van der Waals surface area contributed by atoms with Crippen LogP contribution in [0, 0.1) is 0 Å². The smallest absolute Gasteiger partial charge is 0.394 e. The molecule has 34 heavy (non-hydrogen) atoms. The van der Waals surface area contributed by atoms with Crippen LogP contribution in [0.5, 0.6) is 0 Å².